The van der Waals surface area contributed by atoms with Gasteiger partial charge in [-0.15, -0.1) is 0 Å². The lowest BCUT2D eigenvalue weighted by atomic mass is 10.0. The number of halogens is 1. The summed E-state index contributed by atoms with van der Waals surface area (Å²) in [6.07, 6.45) is 2.74. The van der Waals surface area contributed by atoms with E-state index < -0.39 is 12.1 Å². The SMILES string of the molecule is O=C(O)c1cnn2ccc(N3C[C@H](O)C[C@@H]3c3cccc(F)c3)nc12. The summed E-state index contributed by atoms with van der Waals surface area (Å²) in [5.41, 5.74) is 0.971. The molecule has 1 aliphatic heterocycles. The lowest BCUT2D eigenvalue weighted by molar-refractivity contribution is 0.0698. The quantitative estimate of drug-likeness (QED) is 0.755. The zero-order valence-electron chi connectivity index (χ0n) is 13.1. The minimum absolute atomic E-state index is 0.00361. The van der Waals surface area contributed by atoms with Crippen LogP contribution in [-0.4, -0.2) is 43.4 Å². The summed E-state index contributed by atoms with van der Waals surface area (Å²) in [5, 5.41) is 23.3. The lowest BCUT2D eigenvalue weighted by Gasteiger charge is -2.25. The van der Waals surface area contributed by atoms with Gasteiger partial charge in [0, 0.05) is 12.7 Å². The van der Waals surface area contributed by atoms with Crippen LogP contribution in [0.1, 0.15) is 28.4 Å². The molecule has 0 saturated carbocycles. The molecule has 128 valence electrons. The fraction of sp³-hybridized carbons (Fsp3) is 0.235. The van der Waals surface area contributed by atoms with Crippen molar-refractivity contribution in [1.82, 2.24) is 14.6 Å². The van der Waals surface area contributed by atoms with Gasteiger partial charge in [0.05, 0.1) is 18.3 Å². The molecule has 1 fully saturated rings. The van der Waals surface area contributed by atoms with Crippen molar-refractivity contribution in [3.8, 4) is 0 Å². The molecule has 1 aliphatic rings. The lowest BCUT2D eigenvalue weighted by Crippen LogP contribution is -2.25. The van der Waals surface area contributed by atoms with Crippen molar-refractivity contribution in [3.63, 3.8) is 0 Å². The van der Waals surface area contributed by atoms with Crippen LogP contribution in [0.4, 0.5) is 10.2 Å². The van der Waals surface area contributed by atoms with Crippen LogP contribution in [0.3, 0.4) is 0 Å². The van der Waals surface area contributed by atoms with Crippen LogP contribution >= 0.6 is 0 Å². The van der Waals surface area contributed by atoms with Gasteiger partial charge in [-0.3, -0.25) is 0 Å². The molecule has 8 heteroatoms. The van der Waals surface area contributed by atoms with E-state index in [2.05, 4.69) is 10.1 Å². The Hall–Kier alpha value is -3.00. The number of anilines is 1. The number of benzene rings is 1. The minimum Gasteiger partial charge on any atom is -0.477 e. The van der Waals surface area contributed by atoms with Gasteiger partial charge >= 0.3 is 5.97 Å². The van der Waals surface area contributed by atoms with Crippen LogP contribution in [0.2, 0.25) is 0 Å². The van der Waals surface area contributed by atoms with Gasteiger partial charge in [-0.25, -0.2) is 18.7 Å². The minimum atomic E-state index is -1.11. The van der Waals surface area contributed by atoms with Gasteiger partial charge in [0.1, 0.15) is 17.2 Å². The number of fused-ring (bicyclic) bond motifs is 1. The average molecular weight is 342 g/mol. The Labute approximate surface area is 142 Å². The highest BCUT2D eigenvalue weighted by Crippen LogP contribution is 2.35. The zero-order chi connectivity index (χ0) is 17.6. The van der Waals surface area contributed by atoms with Gasteiger partial charge in [0.15, 0.2) is 5.65 Å². The van der Waals surface area contributed by atoms with Crippen LogP contribution in [0.25, 0.3) is 5.65 Å². The monoisotopic (exact) mass is 342 g/mol. The van der Waals surface area contributed by atoms with Crippen molar-refractivity contribution < 1.29 is 19.4 Å². The van der Waals surface area contributed by atoms with Gasteiger partial charge in [0.25, 0.3) is 0 Å². The normalized spacial score (nSPS) is 20.3. The summed E-state index contributed by atoms with van der Waals surface area (Å²) >= 11 is 0. The van der Waals surface area contributed by atoms with E-state index in [-0.39, 0.29) is 23.1 Å². The van der Waals surface area contributed by atoms with E-state index >= 15 is 0 Å². The molecule has 2 aromatic heterocycles. The number of carbonyl (C=O) groups is 1. The maximum absolute atomic E-state index is 13.6. The van der Waals surface area contributed by atoms with Gasteiger partial charge in [0.2, 0.25) is 0 Å². The zero-order valence-corrected chi connectivity index (χ0v) is 13.1. The number of carboxylic acids is 1. The fourth-order valence-corrected chi connectivity index (χ4v) is 3.27. The first-order chi connectivity index (χ1) is 12.0. The number of aromatic nitrogens is 3. The highest BCUT2D eigenvalue weighted by atomic mass is 19.1. The molecule has 0 unspecified atom stereocenters. The summed E-state index contributed by atoms with van der Waals surface area (Å²) in [7, 11) is 0. The van der Waals surface area contributed by atoms with E-state index in [9.17, 15) is 19.4 Å². The number of β-amino-alcohol motifs (C(OH)–C–C–N with tert-alkyl or cyclic N) is 1. The van der Waals surface area contributed by atoms with E-state index in [1.807, 2.05) is 4.90 Å². The molecule has 2 atom stereocenters. The third-order valence-electron chi connectivity index (χ3n) is 4.39. The second kappa shape index (κ2) is 5.82. The van der Waals surface area contributed by atoms with E-state index in [1.54, 1.807) is 24.4 Å². The Bertz CT molecular complexity index is 958. The van der Waals surface area contributed by atoms with Crippen LogP contribution in [0, 0.1) is 5.82 Å². The molecular weight excluding hydrogens is 327 g/mol. The van der Waals surface area contributed by atoms with Crippen LogP contribution in [0.5, 0.6) is 0 Å². The maximum Gasteiger partial charge on any atom is 0.341 e. The van der Waals surface area contributed by atoms with E-state index in [0.717, 1.165) is 5.56 Å². The fourth-order valence-electron chi connectivity index (χ4n) is 3.27. The average Bonchev–Trinajstić information content (AvgIpc) is 3.17. The number of nitrogens with zero attached hydrogens (tertiary/aromatic N) is 4. The highest BCUT2D eigenvalue weighted by molar-refractivity contribution is 5.94. The van der Waals surface area contributed by atoms with Crippen molar-refractivity contribution in [2.45, 2.75) is 18.6 Å². The number of aliphatic hydroxyl groups excluding tert-OH is 1. The summed E-state index contributed by atoms with van der Waals surface area (Å²) in [5.74, 6) is -0.935. The van der Waals surface area contributed by atoms with Gasteiger partial charge < -0.3 is 15.1 Å². The van der Waals surface area contributed by atoms with Crippen LogP contribution < -0.4 is 4.90 Å². The molecule has 1 saturated heterocycles. The third kappa shape index (κ3) is 2.70. The third-order valence-corrected chi connectivity index (χ3v) is 4.39. The molecule has 0 spiro atoms. The molecule has 1 aromatic carbocycles. The largest absolute Gasteiger partial charge is 0.477 e. The summed E-state index contributed by atoms with van der Waals surface area (Å²) < 4.78 is 15.0. The van der Waals surface area contributed by atoms with Crippen molar-refractivity contribution in [2.24, 2.45) is 0 Å². The molecule has 3 heterocycles. The van der Waals surface area contributed by atoms with Crippen molar-refractivity contribution in [3.05, 3.63) is 59.7 Å². The van der Waals surface area contributed by atoms with Gasteiger partial charge in [-0.2, -0.15) is 5.10 Å². The number of hydrogen-bond acceptors (Lipinski definition) is 5. The Morgan fingerprint density at radius 2 is 2.16 bits per heavy atom. The predicted octanol–water partition coefficient (Wildman–Crippen LogP) is 1.88. The Morgan fingerprint density at radius 1 is 1.32 bits per heavy atom. The predicted molar refractivity (Wildman–Crippen MR) is 87.1 cm³/mol. The molecule has 3 aromatic rings. The Morgan fingerprint density at radius 3 is 2.92 bits per heavy atom. The number of rotatable bonds is 3. The molecular formula is C17H15FN4O3. The topological polar surface area (TPSA) is 91.0 Å². The van der Waals surface area contributed by atoms with Gasteiger partial charge in [-0.05, 0) is 30.2 Å². The standard InChI is InChI=1S/C17H15FN4O3/c18-11-3-1-2-10(6-11)14-7-12(23)9-21(14)15-4-5-22-16(20-15)13(8-19-22)17(24)25/h1-6,8,12,14,23H,7,9H2,(H,24,25)/t12-,14-/m1/s1. The van der Waals surface area contributed by atoms with E-state index in [0.29, 0.717) is 18.8 Å². The molecule has 0 radical (unpaired) electrons. The van der Waals surface area contributed by atoms with Crippen molar-refractivity contribution >= 4 is 17.4 Å². The van der Waals surface area contributed by atoms with E-state index in [1.165, 1.54) is 22.8 Å². The van der Waals surface area contributed by atoms with Crippen molar-refractivity contribution in [2.75, 3.05) is 11.4 Å². The number of aliphatic hydroxyl groups is 1. The molecule has 0 bridgehead atoms. The maximum atomic E-state index is 13.6. The summed E-state index contributed by atoms with van der Waals surface area (Å²) in [6, 6.07) is 7.71. The summed E-state index contributed by atoms with van der Waals surface area (Å²) in [4.78, 5) is 17.6. The molecule has 0 aliphatic carbocycles. The highest BCUT2D eigenvalue weighted by Gasteiger charge is 2.33. The van der Waals surface area contributed by atoms with Gasteiger partial charge in [-0.1, -0.05) is 12.1 Å². The molecule has 4 rings (SSSR count). The first-order valence-corrected chi connectivity index (χ1v) is 7.81. The first kappa shape index (κ1) is 15.5. The van der Waals surface area contributed by atoms with Crippen LogP contribution in [0.15, 0.2) is 42.7 Å². The number of hydrogen-bond donors (Lipinski definition) is 2. The smallest absolute Gasteiger partial charge is 0.341 e. The second-order valence-corrected chi connectivity index (χ2v) is 6.03. The Balaban J connectivity index is 1.77. The summed E-state index contributed by atoms with van der Waals surface area (Å²) in [6.45, 7) is 0.334. The number of carboxylic acid groups (broad SMARTS) is 1. The molecule has 25 heavy (non-hydrogen) atoms. The van der Waals surface area contributed by atoms with E-state index in [4.69, 9.17) is 0 Å². The first-order valence-electron chi connectivity index (χ1n) is 7.81. The van der Waals surface area contributed by atoms with Crippen molar-refractivity contribution in [1.29, 1.82) is 0 Å². The number of aromatic carboxylic acids is 1. The molecule has 0 amide bonds. The molecule has 7 nitrogen and oxygen atoms in total. The van der Waals surface area contributed by atoms with Crippen LogP contribution in [-0.2, 0) is 0 Å². The second-order valence-electron chi connectivity index (χ2n) is 6.03. The molecule has 2 N–H and O–H groups in total. The Kier molecular flexibility index (Phi) is 3.61.